The molecule has 4 N–H and O–H groups in total. The summed E-state index contributed by atoms with van der Waals surface area (Å²) in [6.45, 7) is 2.78. The summed E-state index contributed by atoms with van der Waals surface area (Å²) in [5.74, 6) is -0.246. The van der Waals surface area contributed by atoms with E-state index >= 15 is 0 Å². The van der Waals surface area contributed by atoms with Crippen LogP contribution in [0, 0.1) is 0 Å². The molecule has 2 atom stereocenters. The SMILES string of the molecule is C[C@H]1NC(=O)C2(CCCC2)NCCOc2ccccc2/C=C\CNC(=O)[C@H](Cc2cccc(Cl)c2)NC1=O. The first-order valence-electron chi connectivity index (χ1n) is 13.1. The summed E-state index contributed by atoms with van der Waals surface area (Å²) < 4.78 is 6.02. The highest BCUT2D eigenvalue weighted by Gasteiger charge is 2.41. The van der Waals surface area contributed by atoms with Crippen molar-refractivity contribution >= 4 is 35.4 Å². The topological polar surface area (TPSA) is 109 Å². The van der Waals surface area contributed by atoms with E-state index in [1.807, 2.05) is 42.5 Å². The van der Waals surface area contributed by atoms with E-state index in [0.29, 0.717) is 31.0 Å². The normalized spacial score (nSPS) is 23.7. The van der Waals surface area contributed by atoms with Crippen LogP contribution in [0.25, 0.3) is 6.08 Å². The fourth-order valence-corrected chi connectivity index (χ4v) is 5.15. The van der Waals surface area contributed by atoms with Crippen molar-refractivity contribution < 1.29 is 19.1 Å². The summed E-state index contributed by atoms with van der Waals surface area (Å²) >= 11 is 6.14. The largest absolute Gasteiger partial charge is 0.492 e. The highest BCUT2D eigenvalue weighted by Crippen LogP contribution is 2.30. The van der Waals surface area contributed by atoms with Crippen LogP contribution >= 0.6 is 11.6 Å². The van der Waals surface area contributed by atoms with Crippen LogP contribution in [-0.2, 0) is 20.8 Å². The maximum Gasteiger partial charge on any atom is 0.243 e. The Morgan fingerprint density at radius 2 is 1.79 bits per heavy atom. The molecule has 0 aromatic heterocycles. The van der Waals surface area contributed by atoms with Gasteiger partial charge in [0.05, 0.1) is 5.54 Å². The lowest BCUT2D eigenvalue weighted by molar-refractivity contribution is -0.134. The van der Waals surface area contributed by atoms with Gasteiger partial charge in [-0.15, -0.1) is 0 Å². The van der Waals surface area contributed by atoms with Gasteiger partial charge in [-0.1, -0.05) is 66.9 Å². The van der Waals surface area contributed by atoms with Gasteiger partial charge in [-0.05, 0) is 43.5 Å². The molecule has 4 rings (SSSR count). The number of hydrogen-bond acceptors (Lipinski definition) is 5. The predicted molar refractivity (Wildman–Crippen MR) is 148 cm³/mol. The van der Waals surface area contributed by atoms with Crippen molar-refractivity contribution in [2.45, 2.75) is 56.7 Å². The lowest BCUT2D eigenvalue weighted by Gasteiger charge is -2.31. The predicted octanol–water partition coefficient (Wildman–Crippen LogP) is 3.00. The summed E-state index contributed by atoms with van der Waals surface area (Å²) in [6, 6.07) is 13.2. The molecule has 0 bridgehead atoms. The van der Waals surface area contributed by atoms with Gasteiger partial charge in [0.25, 0.3) is 0 Å². The van der Waals surface area contributed by atoms with Crippen LogP contribution in [0.3, 0.4) is 0 Å². The lowest BCUT2D eigenvalue weighted by atomic mass is 9.95. The van der Waals surface area contributed by atoms with Crippen LogP contribution in [0.4, 0.5) is 0 Å². The summed E-state index contributed by atoms with van der Waals surface area (Å²) in [5, 5.41) is 12.5. The molecule has 0 radical (unpaired) electrons. The van der Waals surface area contributed by atoms with E-state index in [1.54, 1.807) is 25.1 Å². The van der Waals surface area contributed by atoms with Gasteiger partial charge >= 0.3 is 0 Å². The van der Waals surface area contributed by atoms with E-state index in [0.717, 1.165) is 29.7 Å². The van der Waals surface area contributed by atoms with Crippen molar-refractivity contribution in [1.82, 2.24) is 21.3 Å². The molecule has 1 heterocycles. The maximum atomic E-state index is 13.4. The van der Waals surface area contributed by atoms with Gasteiger partial charge in [-0.3, -0.25) is 19.7 Å². The highest BCUT2D eigenvalue weighted by atomic mass is 35.5. The lowest BCUT2D eigenvalue weighted by Crippen LogP contribution is -2.60. The van der Waals surface area contributed by atoms with Crippen LogP contribution in [0.15, 0.2) is 54.6 Å². The van der Waals surface area contributed by atoms with E-state index in [4.69, 9.17) is 16.3 Å². The third-order valence-electron chi connectivity index (χ3n) is 7.03. The number of carbonyl (C=O) groups excluding carboxylic acids is 3. The Bertz CT molecular complexity index is 1180. The number of para-hydroxylation sites is 1. The third-order valence-corrected chi connectivity index (χ3v) is 7.26. The van der Waals surface area contributed by atoms with Crippen LogP contribution in [-0.4, -0.2) is 55.0 Å². The second-order valence-corrected chi connectivity index (χ2v) is 10.3. The van der Waals surface area contributed by atoms with Gasteiger partial charge in [-0.25, -0.2) is 0 Å². The number of carbonyl (C=O) groups is 3. The number of rotatable bonds is 2. The van der Waals surface area contributed by atoms with Crippen LogP contribution < -0.4 is 26.0 Å². The number of nitrogens with one attached hydrogen (secondary N) is 4. The average molecular weight is 539 g/mol. The molecule has 38 heavy (non-hydrogen) atoms. The zero-order chi connectivity index (χ0) is 27.0. The molecule has 8 nitrogen and oxygen atoms in total. The Morgan fingerprint density at radius 1 is 1.00 bits per heavy atom. The Kier molecular flexibility index (Phi) is 9.42. The first kappa shape index (κ1) is 27.7. The zero-order valence-electron chi connectivity index (χ0n) is 21.6. The zero-order valence-corrected chi connectivity index (χ0v) is 22.4. The van der Waals surface area contributed by atoms with Gasteiger partial charge < -0.3 is 20.7 Å². The van der Waals surface area contributed by atoms with Gasteiger partial charge in [0, 0.05) is 30.1 Å². The molecule has 3 amide bonds. The summed E-state index contributed by atoms with van der Waals surface area (Å²) in [6.07, 6.45) is 7.22. The monoisotopic (exact) mass is 538 g/mol. The number of fused-ring (bicyclic) bond motifs is 1. The van der Waals surface area contributed by atoms with Crippen molar-refractivity contribution in [3.63, 3.8) is 0 Å². The molecule has 2 aromatic rings. The van der Waals surface area contributed by atoms with E-state index in [2.05, 4.69) is 21.3 Å². The molecule has 1 aliphatic heterocycles. The first-order chi connectivity index (χ1) is 18.4. The smallest absolute Gasteiger partial charge is 0.243 e. The minimum Gasteiger partial charge on any atom is -0.492 e. The Labute approximate surface area is 228 Å². The quantitative estimate of drug-likeness (QED) is 0.470. The van der Waals surface area contributed by atoms with Crippen molar-refractivity contribution in [3.05, 3.63) is 70.8 Å². The average Bonchev–Trinajstić information content (AvgIpc) is 3.39. The summed E-state index contributed by atoms with van der Waals surface area (Å²) in [4.78, 5) is 39.6. The molecule has 9 heteroatoms. The van der Waals surface area contributed by atoms with Crippen molar-refractivity contribution in [2.24, 2.45) is 0 Å². The Hall–Kier alpha value is -3.36. The first-order valence-corrected chi connectivity index (χ1v) is 13.5. The Morgan fingerprint density at radius 3 is 2.58 bits per heavy atom. The van der Waals surface area contributed by atoms with Gasteiger partial charge in [-0.2, -0.15) is 0 Å². The maximum absolute atomic E-state index is 13.4. The van der Waals surface area contributed by atoms with Gasteiger partial charge in [0.1, 0.15) is 24.4 Å². The molecule has 2 aromatic carbocycles. The van der Waals surface area contributed by atoms with Crippen LogP contribution in [0.1, 0.15) is 43.7 Å². The molecule has 1 saturated carbocycles. The van der Waals surface area contributed by atoms with Gasteiger partial charge in [0.15, 0.2) is 0 Å². The molecule has 2 aliphatic rings. The number of amides is 3. The molecule has 0 unspecified atom stereocenters. The molecule has 1 aliphatic carbocycles. The number of benzene rings is 2. The molecule has 1 fully saturated rings. The molecule has 1 spiro atoms. The molecule has 202 valence electrons. The third kappa shape index (κ3) is 7.14. The van der Waals surface area contributed by atoms with Crippen molar-refractivity contribution in [2.75, 3.05) is 19.7 Å². The van der Waals surface area contributed by atoms with E-state index < -0.39 is 23.5 Å². The summed E-state index contributed by atoms with van der Waals surface area (Å²) in [7, 11) is 0. The van der Waals surface area contributed by atoms with E-state index in [9.17, 15) is 14.4 Å². The molecule has 0 saturated heterocycles. The van der Waals surface area contributed by atoms with E-state index in [-0.39, 0.29) is 24.8 Å². The molecular weight excluding hydrogens is 504 g/mol. The number of halogens is 1. The standard InChI is InChI=1S/C29H35ClN4O4/c1-20-26(35)34-24(19-21-8-6-11-23(30)18-21)27(36)31-15-7-10-22-9-2-3-12-25(22)38-17-16-32-29(28(37)33-20)13-4-5-14-29/h2-3,6-12,18,20,24,32H,4-5,13-17,19H2,1H3,(H,31,36)(H,33,37)(H,34,35)/b10-7-/t20-,24+/m1/s1. The van der Waals surface area contributed by atoms with Crippen LogP contribution in [0.5, 0.6) is 5.75 Å². The number of hydrogen-bond donors (Lipinski definition) is 4. The highest BCUT2D eigenvalue weighted by molar-refractivity contribution is 6.30. The second-order valence-electron chi connectivity index (χ2n) is 9.84. The second kappa shape index (κ2) is 12.9. The summed E-state index contributed by atoms with van der Waals surface area (Å²) in [5.41, 5.74) is 0.946. The minimum atomic E-state index is -0.846. The number of ether oxygens (including phenoxy) is 1. The van der Waals surface area contributed by atoms with Gasteiger partial charge in [0.2, 0.25) is 17.7 Å². The Balaban J connectivity index is 1.58. The molecular formula is C29H35ClN4O4. The van der Waals surface area contributed by atoms with Crippen LogP contribution in [0.2, 0.25) is 5.02 Å². The fourth-order valence-electron chi connectivity index (χ4n) is 4.94. The van der Waals surface area contributed by atoms with Crippen molar-refractivity contribution in [1.29, 1.82) is 0 Å². The minimum absolute atomic E-state index is 0.210. The fraction of sp³-hybridized carbons (Fsp3) is 0.414. The van der Waals surface area contributed by atoms with Crippen molar-refractivity contribution in [3.8, 4) is 5.75 Å². The van der Waals surface area contributed by atoms with E-state index in [1.165, 1.54) is 0 Å².